The molecule has 10 nitrogen and oxygen atoms in total. The minimum atomic E-state index is -0.699. The predicted octanol–water partition coefficient (Wildman–Crippen LogP) is 0.903. The van der Waals surface area contributed by atoms with Gasteiger partial charge in [0.2, 0.25) is 0 Å². The summed E-state index contributed by atoms with van der Waals surface area (Å²) in [5, 5.41) is 8.60. The van der Waals surface area contributed by atoms with Crippen molar-refractivity contribution in [2.24, 2.45) is 14.1 Å². The highest BCUT2D eigenvalue weighted by atomic mass is 32.2. The quantitative estimate of drug-likeness (QED) is 0.454. The van der Waals surface area contributed by atoms with Gasteiger partial charge in [0.25, 0.3) is 5.56 Å². The Hall–Kier alpha value is -3.08. The second-order valence-corrected chi connectivity index (χ2v) is 7.06. The average molecular weight is 404 g/mol. The van der Waals surface area contributed by atoms with Crippen LogP contribution in [0.5, 0.6) is 0 Å². The summed E-state index contributed by atoms with van der Waals surface area (Å²) in [7, 11) is 3.08. The van der Waals surface area contributed by atoms with E-state index in [2.05, 4.69) is 10.2 Å². The largest absolute Gasteiger partial charge is 0.461 e. The molecule has 0 bridgehead atoms. The number of thioether (sulfide) groups is 1. The van der Waals surface area contributed by atoms with Gasteiger partial charge in [-0.25, -0.2) is 4.79 Å². The number of anilines is 1. The zero-order chi connectivity index (χ0) is 20.4. The Labute approximate surface area is 164 Å². The van der Waals surface area contributed by atoms with Gasteiger partial charge in [0.15, 0.2) is 22.5 Å². The molecule has 0 radical (unpaired) electrons. The van der Waals surface area contributed by atoms with Crippen molar-refractivity contribution >= 4 is 23.4 Å². The van der Waals surface area contributed by atoms with Gasteiger partial charge in [0.05, 0.1) is 12.0 Å². The minimum absolute atomic E-state index is 0.0755. The van der Waals surface area contributed by atoms with Crippen molar-refractivity contribution in [2.75, 3.05) is 11.5 Å². The second kappa shape index (κ2) is 7.89. The number of Topliss-reactive ketones (excluding diaryl/α,β-unsaturated/α-hetero) is 1. The van der Waals surface area contributed by atoms with Crippen molar-refractivity contribution < 1.29 is 9.21 Å². The molecule has 0 amide bonds. The molecular weight excluding hydrogens is 384 g/mol. The van der Waals surface area contributed by atoms with Crippen LogP contribution in [0.2, 0.25) is 0 Å². The van der Waals surface area contributed by atoms with E-state index in [0.717, 1.165) is 16.3 Å². The van der Waals surface area contributed by atoms with Crippen LogP contribution in [-0.4, -0.2) is 35.4 Å². The van der Waals surface area contributed by atoms with Crippen molar-refractivity contribution in [3.63, 3.8) is 0 Å². The highest BCUT2D eigenvalue weighted by Gasteiger charge is 2.22. The summed E-state index contributed by atoms with van der Waals surface area (Å²) in [5.74, 6) is 0.420. The maximum absolute atomic E-state index is 12.7. The Morgan fingerprint density at radius 3 is 2.64 bits per heavy atom. The molecule has 0 fully saturated rings. The summed E-state index contributed by atoms with van der Waals surface area (Å²) in [5.41, 5.74) is 4.56. The number of ketones is 1. The summed E-state index contributed by atoms with van der Waals surface area (Å²) in [6, 6.07) is 3.50. The second-order valence-electron chi connectivity index (χ2n) is 6.11. The van der Waals surface area contributed by atoms with Gasteiger partial charge in [-0.2, -0.15) is 0 Å². The molecule has 3 aromatic heterocycles. The minimum Gasteiger partial charge on any atom is -0.461 e. The van der Waals surface area contributed by atoms with E-state index in [1.54, 1.807) is 23.7 Å². The van der Waals surface area contributed by atoms with Crippen LogP contribution >= 0.6 is 11.8 Å². The molecule has 3 aromatic rings. The SMILES string of the molecule is CCCn1c(N)c(C(=O)CSc2nnc(-c3ccco3)n2C)c(=O)n(C)c1=O. The molecule has 3 rings (SSSR count). The first-order chi connectivity index (χ1) is 13.4. The molecule has 0 aliphatic heterocycles. The number of nitrogen functional groups attached to an aromatic ring is 1. The number of furan rings is 1. The molecular formula is C17H20N6O4S. The Kier molecular flexibility index (Phi) is 5.54. The number of hydrogen-bond donors (Lipinski definition) is 1. The van der Waals surface area contributed by atoms with Gasteiger partial charge in [0.1, 0.15) is 11.4 Å². The molecule has 0 saturated carbocycles. The lowest BCUT2D eigenvalue weighted by atomic mass is 10.2. The number of rotatable bonds is 7. The summed E-state index contributed by atoms with van der Waals surface area (Å²) in [6.07, 6.45) is 2.17. The van der Waals surface area contributed by atoms with Crippen LogP contribution in [-0.2, 0) is 20.6 Å². The van der Waals surface area contributed by atoms with Gasteiger partial charge in [0, 0.05) is 20.6 Å². The fourth-order valence-electron chi connectivity index (χ4n) is 2.75. The molecule has 0 aliphatic carbocycles. The molecule has 148 valence electrons. The lowest BCUT2D eigenvalue weighted by Crippen LogP contribution is -2.42. The predicted molar refractivity (Wildman–Crippen MR) is 104 cm³/mol. The zero-order valence-electron chi connectivity index (χ0n) is 15.7. The lowest BCUT2D eigenvalue weighted by molar-refractivity contribution is 0.102. The third-order valence-electron chi connectivity index (χ3n) is 4.22. The molecule has 28 heavy (non-hydrogen) atoms. The molecule has 2 N–H and O–H groups in total. The van der Waals surface area contributed by atoms with Crippen LogP contribution < -0.4 is 17.0 Å². The van der Waals surface area contributed by atoms with E-state index in [1.807, 2.05) is 6.92 Å². The van der Waals surface area contributed by atoms with Gasteiger partial charge in [-0.1, -0.05) is 18.7 Å². The van der Waals surface area contributed by atoms with E-state index in [1.165, 1.54) is 17.9 Å². The first-order valence-corrected chi connectivity index (χ1v) is 9.53. The summed E-state index contributed by atoms with van der Waals surface area (Å²) in [4.78, 5) is 37.4. The van der Waals surface area contributed by atoms with E-state index < -0.39 is 17.0 Å². The van der Waals surface area contributed by atoms with Crippen LogP contribution in [0.25, 0.3) is 11.6 Å². The van der Waals surface area contributed by atoms with E-state index in [0.29, 0.717) is 29.7 Å². The van der Waals surface area contributed by atoms with Crippen molar-refractivity contribution in [3.05, 3.63) is 44.8 Å². The molecule has 0 saturated heterocycles. The van der Waals surface area contributed by atoms with Crippen molar-refractivity contribution in [2.45, 2.75) is 25.0 Å². The summed E-state index contributed by atoms with van der Waals surface area (Å²) >= 11 is 1.12. The Morgan fingerprint density at radius 2 is 2.00 bits per heavy atom. The molecule has 0 aromatic carbocycles. The van der Waals surface area contributed by atoms with Crippen LogP contribution in [0.15, 0.2) is 37.6 Å². The Bertz CT molecular complexity index is 1130. The van der Waals surface area contributed by atoms with E-state index >= 15 is 0 Å². The monoisotopic (exact) mass is 404 g/mol. The highest BCUT2D eigenvalue weighted by Crippen LogP contribution is 2.23. The van der Waals surface area contributed by atoms with Crippen LogP contribution in [0, 0.1) is 0 Å². The normalized spacial score (nSPS) is 11.1. The molecule has 0 aliphatic rings. The molecule has 0 spiro atoms. The van der Waals surface area contributed by atoms with Crippen LogP contribution in [0.4, 0.5) is 5.82 Å². The number of nitrogens with zero attached hydrogens (tertiary/aromatic N) is 5. The van der Waals surface area contributed by atoms with E-state index in [-0.39, 0.29) is 17.1 Å². The number of aromatic nitrogens is 5. The number of carbonyl (C=O) groups excluding carboxylic acids is 1. The lowest BCUT2D eigenvalue weighted by Gasteiger charge is -2.13. The van der Waals surface area contributed by atoms with Gasteiger partial charge >= 0.3 is 5.69 Å². The van der Waals surface area contributed by atoms with Gasteiger partial charge in [-0.05, 0) is 18.6 Å². The number of hydrogen-bond acceptors (Lipinski definition) is 8. The van der Waals surface area contributed by atoms with Gasteiger partial charge in [-0.15, -0.1) is 10.2 Å². The third-order valence-corrected chi connectivity index (χ3v) is 5.24. The summed E-state index contributed by atoms with van der Waals surface area (Å²) in [6.45, 7) is 2.20. The van der Waals surface area contributed by atoms with Crippen LogP contribution in [0.1, 0.15) is 23.7 Å². The van der Waals surface area contributed by atoms with Gasteiger partial charge < -0.3 is 14.7 Å². The third kappa shape index (κ3) is 3.40. The first-order valence-electron chi connectivity index (χ1n) is 8.55. The van der Waals surface area contributed by atoms with Crippen molar-refractivity contribution in [1.29, 1.82) is 0 Å². The van der Waals surface area contributed by atoms with Crippen molar-refractivity contribution in [3.8, 4) is 11.6 Å². The number of carbonyl (C=O) groups is 1. The molecule has 3 heterocycles. The average Bonchev–Trinajstić information content (AvgIpc) is 3.31. The Balaban J connectivity index is 1.87. The Morgan fingerprint density at radius 1 is 1.25 bits per heavy atom. The van der Waals surface area contributed by atoms with E-state index in [4.69, 9.17) is 10.2 Å². The molecule has 11 heteroatoms. The first kappa shape index (κ1) is 19.7. The fraction of sp³-hybridized carbons (Fsp3) is 0.353. The maximum Gasteiger partial charge on any atom is 0.332 e. The molecule has 0 unspecified atom stereocenters. The highest BCUT2D eigenvalue weighted by molar-refractivity contribution is 7.99. The summed E-state index contributed by atoms with van der Waals surface area (Å²) < 4.78 is 9.15. The zero-order valence-corrected chi connectivity index (χ0v) is 16.5. The fourth-order valence-corrected chi connectivity index (χ4v) is 3.53. The topological polar surface area (TPSA) is 131 Å². The van der Waals surface area contributed by atoms with Crippen molar-refractivity contribution in [1.82, 2.24) is 23.9 Å². The van der Waals surface area contributed by atoms with E-state index in [9.17, 15) is 14.4 Å². The smallest absolute Gasteiger partial charge is 0.332 e. The maximum atomic E-state index is 12.7. The van der Waals surface area contributed by atoms with Gasteiger partial charge in [-0.3, -0.25) is 18.7 Å². The van der Waals surface area contributed by atoms with Crippen LogP contribution in [0.3, 0.4) is 0 Å². The standard InChI is InChI=1S/C17H20N6O4S/c1-4-7-23-13(18)12(15(25)22(3)17(23)26)10(24)9-28-16-20-19-14(21(16)2)11-6-5-8-27-11/h5-6,8H,4,7,9,18H2,1-3H3. The molecule has 0 atom stereocenters. The number of nitrogens with two attached hydrogens (primary N) is 1.